The number of nitrogens with one attached hydrogen (secondary N) is 2. The quantitative estimate of drug-likeness (QED) is 0.474. The summed E-state index contributed by atoms with van der Waals surface area (Å²) < 4.78 is 26.7. The Labute approximate surface area is 167 Å². The van der Waals surface area contributed by atoms with Gasteiger partial charge in [0.25, 0.3) is 21.6 Å². The SMILES string of the molecule is Cc1cc(C(=O)NNS(=O)(=O)c2ccccc2[N+](=O)[O-])c(C)n1-c1ccccc1. The van der Waals surface area contributed by atoms with E-state index < -0.39 is 31.4 Å². The first-order valence-corrected chi connectivity index (χ1v) is 10.0. The van der Waals surface area contributed by atoms with Crippen LogP contribution in [0.1, 0.15) is 21.7 Å². The summed E-state index contributed by atoms with van der Waals surface area (Å²) in [6.07, 6.45) is 0. The molecule has 9 nitrogen and oxygen atoms in total. The predicted octanol–water partition coefficient (Wildman–Crippen LogP) is 2.63. The second-order valence-corrected chi connectivity index (χ2v) is 7.89. The number of hydrazine groups is 1. The Kier molecular flexibility index (Phi) is 5.48. The molecule has 3 rings (SSSR count). The van der Waals surface area contributed by atoms with Crippen LogP contribution in [0.2, 0.25) is 0 Å². The molecule has 150 valence electrons. The van der Waals surface area contributed by atoms with Gasteiger partial charge in [-0.25, -0.2) is 8.42 Å². The van der Waals surface area contributed by atoms with Crippen molar-refractivity contribution in [2.75, 3.05) is 0 Å². The summed E-state index contributed by atoms with van der Waals surface area (Å²) in [4.78, 5) is 24.2. The molecule has 0 aliphatic carbocycles. The Morgan fingerprint density at radius 3 is 2.31 bits per heavy atom. The number of aromatic nitrogens is 1. The lowest BCUT2D eigenvalue weighted by Gasteiger charge is -2.11. The normalized spacial score (nSPS) is 11.2. The van der Waals surface area contributed by atoms with Gasteiger partial charge in [-0.1, -0.05) is 30.3 Å². The summed E-state index contributed by atoms with van der Waals surface area (Å²) in [6.45, 7) is 3.57. The van der Waals surface area contributed by atoms with Gasteiger partial charge in [0.05, 0.1) is 10.5 Å². The minimum atomic E-state index is -4.34. The van der Waals surface area contributed by atoms with Gasteiger partial charge >= 0.3 is 0 Å². The first kappa shape index (κ1) is 20.2. The van der Waals surface area contributed by atoms with Crippen LogP contribution in [-0.2, 0) is 10.0 Å². The zero-order valence-corrected chi connectivity index (χ0v) is 16.4. The number of aryl methyl sites for hydroxylation is 1. The van der Waals surface area contributed by atoms with Crippen LogP contribution in [0, 0.1) is 24.0 Å². The van der Waals surface area contributed by atoms with Crippen molar-refractivity contribution in [2.45, 2.75) is 18.7 Å². The van der Waals surface area contributed by atoms with Gasteiger partial charge < -0.3 is 4.57 Å². The molecule has 0 saturated carbocycles. The van der Waals surface area contributed by atoms with E-state index in [-0.39, 0.29) is 5.56 Å². The van der Waals surface area contributed by atoms with E-state index in [2.05, 4.69) is 5.43 Å². The average Bonchev–Trinajstić information content (AvgIpc) is 3.01. The molecule has 1 heterocycles. The van der Waals surface area contributed by atoms with Crippen molar-refractivity contribution in [1.82, 2.24) is 14.8 Å². The second-order valence-electron chi connectivity index (χ2n) is 6.24. The van der Waals surface area contributed by atoms with E-state index in [0.717, 1.165) is 23.5 Å². The lowest BCUT2D eigenvalue weighted by molar-refractivity contribution is -0.387. The molecule has 1 aromatic heterocycles. The van der Waals surface area contributed by atoms with E-state index in [1.165, 1.54) is 12.1 Å². The Balaban J connectivity index is 1.85. The molecule has 2 N–H and O–H groups in total. The molecule has 1 amide bonds. The van der Waals surface area contributed by atoms with Gasteiger partial charge in [0, 0.05) is 23.1 Å². The summed E-state index contributed by atoms with van der Waals surface area (Å²) in [5, 5.41) is 11.1. The molecule has 0 radical (unpaired) electrons. The Morgan fingerprint density at radius 1 is 1.03 bits per heavy atom. The van der Waals surface area contributed by atoms with E-state index >= 15 is 0 Å². The molecule has 3 aromatic rings. The molecule has 0 bridgehead atoms. The predicted molar refractivity (Wildman–Crippen MR) is 106 cm³/mol. The summed E-state index contributed by atoms with van der Waals surface area (Å²) in [7, 11) is -4.34. The van der Waals surface area contributed by atoms with Gasteiger partial charge in [0.15, 0.2) is 4.90 Å². The van der Waals surface area contributed by atoms with Crippen LogP contribution in [0.15, 0.2) is 65.6 Å². The van der Waals surface area contributed by atoms with Crippen LogP contribution in [0.4, 0.5) is 5.69 Å². The van der Waals surface area contributed by atoms with Gasteiger partial charge in [-0.3, -0.25) is 20.3 Å². The molecule has 0 saturated heterocycles. The fraction of sp³-hybridized carbons (Fsp3) is 0.105. The standard InChI is InChI=1S/C19H18N4O5S/c1-13-12-16(14(2)22(13)15-8-4-3-5-9-15)19(24)20-21-29(27,28)18-11-7-6-10-17(18)23(25)26/h3-12,21H,1-2H3,(H,20,24). The second kappa shape index (κ2) is 7.86. The van der Waals surface area contributed by atoms with Crippen LogP contribution in [0.3, 0.4) is 0 Å². The highest BCUT2D eigenvalue weighted by Crippen LogP contribution is 2.23. The Morgan fingerprint density at radius 2 is 1.66 bits per heavy atom. The Hall–Kier alpha value is -3.50. The molecule has 2 aromatic carbocycles. The smallest absolute Gasteiger partial charge is 0.289 e. The number of amides is 1. The van der Waals surface area contributed by atoms with Crippen molar-refractivity contribution in [2.24, 2.45) is 0 Å². The third kappa shape index (κ3) is 4.03. The topological polar surface area (TPSA) is 123 Å². The highest BCUT2D eigenvalue weighted by Gasteiger charge is 2.26. The number of nitro benzene ring substituents is 1. The molecule has 0 unspecified atom stereocenters. The fourth-order valence-corrected chi connectivity index (χ4v) is 4.05. The minimum Gasteiger partial charge on any atom is -0.318 e. The molecule has 0 atom stereocenters. The molecule has 0 spiro atoms. The maximum atomic E-state index is 12.6. The van der Waals surface area contributed by atoms with Gasteiger partial charge in [0.1, 0.15) is 0 Å². The number of nitro groups is 1. The number of benzene rings is 2. The average molecular weight is 414 g/mol. The number of hydrogen-bond acceptors (Lipinski definition) is 5. The highest BCUT2D eigenvalue weighted by atomic mass is 32.2. The largest absolute Gasteiger partial charge is 0.318 e. The van der Waals surface area contributed by atoms with Crippen LogP contribution in [0.25, 0.3) is 5.69 Å². The first-order chi connectivity index (χ1) is 13.7. The monoisotopic (exact) mass is 414 g/mol. The van der Waals surface area contributed by atoms with Gasteiger partial charge in [-0.05, 0) is 38.1 Å². The lowest BCUT2D eigenvalue weighted by Crippen LogP contribution is -2.41. The fourth-order valence-electron chi connectivity index (χ4n) is 3.04. The number of nitrogens with zero attached hydrogens (tertiary/aromatic N) is 2. The molecular weight excluding hydrogens is 396 g/mol. The van der Waals surface area contributed by atoms with Crippen LogP contribution in [-0.4, -0.2) is 23.8 Å². The van der Waals surface area contributed by atoms with E-state index in [4.69, 9.17) is 0 Å². The van der Waals surface area contributed by atoms with E-state index in [9.17, 15) is 23.3 Å². The molecule has 29 heavy (non-hydrogen) atoms. The maximum absolute atomic E-state index is 12.6. The molecule has 0 aliphatic rings. The van der Waals surface area contributed by atoms with Crippen molar-refractivity contribution in [1.29, 1.82) is 0 Å². The van der Waals surface area contributed by atoms with Crippen molar-refractivity contribution >= 4 is 21.6 Å². The third-order valence-electron chi connectivity index (χ3n) is 4.34. The number of rotatable bonds is 6. The lowest BCUT2D eigenvalue weighted by atomic mass is 10.2. The van der Waals surface area contributed by atoms with Gasteiger partial charge in [-0.15, -0.1) is 4.83 Å². The molecule has 0 fully saturated rings. The summed E-state index contributed by atoms with van der Waals surface area (Å²) in [5.74, 6) is -0.678. The molecule has 10 heteroatoms. The zero-order chi connectivity index (χ0) is 21.2. The van der Waals surface area contributed by atoms with Crippen molar-refractivity contribution in [3.8, 4) is 5.69 Å². The summed E-state index contributed by atoms with van der Waals surface area (Å²) in [5.41, 5.74) is 4.09. The van der Waals surface area contributed by atoms with Gasteiger partial charge in [-0.2, -0.15) is 0 Å². The van der Waals surface area contributed by atoms with E-state index in [1.807, 2.05) is 46.7 Å². The number of sulfonamides is 1. The van der Waals surface area contributed by atoms with Crippen molar-refractivity contribution < 1.29 is 18.1 Å². The minimum absolute atomic E-state index is 0.275. The van der Waals surface area contributed by atoms with Gasteiger partial charge in [0.2, 0.25) is 0 Å². The summed E-state index contributed by atoms with van der Waals surface area (Å²) in [6, 6.07) is 15.9. The highest BCUT2D eigenvalue weighted by molar-refractivity contribution is 7.89. The summed E-state index contributed by atoms with van der Waals surface area (Å²) >= 11 is 0. The number of para-hydroxylation sites is 2. The van der Waals surface area contributed by atoms with E-state index in [0.29, 0.717) is 5.69 Å². The molecular formula is C19H18N4O5S. The number of hydrogen-bond donors (Lipinski definition) is 2. The van der Waals surface area contributed by atoms with Crippen LogP contribution < -0.4 is 10.3 Å². The third-order valence-corrected chi connectivity index (χ3v) is 5.64. The van der Waals surface area contributed by atoms with Crippen molar-refractivity contribution in [3.63, 3.8) is 0 Å². The van der Waals surface area contributed by atoms with Crippen LogP contribution >= 0.6 is 0 Å². The van der Waals surface area contributed by atoms with Crippen LogP contribution in [0.5, 0.6) is 0 Å². The van der Waals surface area contributed by atoms with Crippen molar-refractivity contribution in [3.05, 3.63) is 87.7 Å². The first-order valence-electron chi connectivity index (χ1n) is 8.52. The number of carbonyl (C=O) groups excluding carboxylic acids is 1. The number of carbonyl (C=O) groups is 1. The maximum Gasteiger partial charge on any atom is 0.289 e. The zero-order valence-electron chi connectivity index (χ0n) is 15.6. The molecule has 0 aliphatic heterocycles. The Bertz CT molecular complexity index is 1190. The van der Waals surface area contributed by atoms with E-state index in [1.54, 1.807) is 13.0 Å².